The van der Waals surface area contributed by atoms with Crippen molar-refractivity contribution in [1.82, 2.24) is 4.98 Å². The molecule has 3 nitrogen and oxygen atoms in total. The van der Waals surface area contributed by atoms with Gasteiger partial charge in [0.2, 0.25) is 0 Å². The molecule has 0 unspecified atom stereocenters. The van der Waals surface area contributed by atoms with Crippen molar-refractivity contribution >= 4 is 10.9 Å². The monoisotopic (exact) mass is 220 g/mol. The van der Waals surface area contributed by atoms with Gasteiger partial charge in [0.15, 0.2) is 0 Å². The van der Waals surface area contributed by atoms with Gasteiger partial charge in [-0.25, -0.2) is 4.98 Å². The summed E-state index contributed by atoms with van der Waals surface area (Å²) in [5, 5.41) is 9.28. The average Bonchev–Trinajstić information content (AvgIpc) is 2.27. The molecule has 80 valence electrons. The van der Waals surface area contributed by atoms with Crippen molar-refractivity contribution in [2.24, 2.45) is 0 Å². The number of hydrogen-bond donors (Lipinski definition) is 0. The van der Waals surface area contributed by atoms with E-state index in [4.69, 9.17) is 5.26 Å². The Morgan fingerprint density at radius 3 is 2.75 bits per heavy atom. The van der Waals surface area contributed by atoms with Gasteiger partial charge in [0.1, 0.15) is 17.5 Å². The first-order chi connectivity index (χ1) is 7.69. The summed E-state index contributed by atoms with van der Waals surface area (Å²) >= 11 is 0. The van der Waals surface area contributed by atoms with E-state index >= 15 is 0 Å². The van der Waals surface area contributed by atoms with Crippen LogP contribution in [0.4, 0.5) is 8.78 Å². The van der Waals surface area contributed by atoms with Gasteiger partial charge in [-0.2, -0.15) is 14.0 Å². The number of pyridine rings is 1. The molecule has 0 aliphatic carbocycles. The second-order valence-electron chi connectivity index (χ2n) is 3.04. The smallest absolute Gasteiger partial charge is 0.387 e. The number of fused-ring (bicyclic) bond motifs is 1. The van der Waals surface area contributed by atoms with Crippen LogP contribution < -0.4 is 4.74 Å². The van der Waals surface area contributed by atoms with E-state index in [1.807, 2.05) is 6.07 Å². The van der Waals surface area contributed by atoms with Crippen LogP contribution in [-0.2, 0) is 0 Å². The van der Waals surface area contributed by atoms with Crippen LogP contribution in [0.3, 0.4) is 0 Å². The standard InChI is InChI=1S/C11H6F2N2O/c12-11(13)16-9-3-4-10-7(5-9)1-2-8(6-14)15-10/h1-5,11H. The topological polar surface area (TPSA) is 45.9 Å². The van der Waals surface area contributed by atoms with Crippen LogP contribution in [0.2, 0.25) is 0 Å². The average molecular weight is 220 g/mol. The minimum atomic E-state index is -2.84. The molecule has 0 radical (unpaired) electrons. The van der Waals surface area contributed by atoms with Crippen LogP contribution in [-0.4, -0.2) is 11.6 Å². The van der Waals surface area contributed by atoms with Gasteiger partial charge in [-0.1, -0.05) is 0 Å². The van der Waals surface area contributed by atoms with Crippen LogP contribution in [0, 0.1) is 11.3 Å². The maximum atomic E-state index is 12.0. The summed E-state index contributed by atoms with van der Waals surface area (Å²) in [4.78, 5) is 4.01. The first-order valence-corrected chi connectivity index (χ1v) is 4.45. The number of ether oxygens (including phenoxy) is 1. The normalized spacial score (nSPS) is 10.4. The third-order valence-electron chi connectivity index (χ3n) is 2.00. The Labute approximate surface area is 89.9 Å². The van der Waals surface area contributed by atoms with E-state index in [-0.39, 0.29) is 11.4 Å². The molecule has 0 spiro atoms. The summed E-state index contributed by atoms with van der Waals surface area (Å²) < 4.78 is 28.2. The van der Waals surface area contributed by atoms with Gasteiger partial charge in [-0.15, -0.1) is 0 Å². The van der Waals surface area contributed by atoms with Crippen molar-refractivity contribution in [2.45, 2.75) is 6.61 Å². The fourth-order valence-electron chi connectivity index (χ4n) is 1.34. The van der Waals surface area contributed by atoms with Crippen LogP contribution in [0.1, 0.15) is 5.69 Å². The molecule has 2 rings (SSSR count). The van der Waals surface area contributed by atoms with Crippen molar-refractivity contribution in [2.75, 3.05) is 0 Å². The van der Waals surface area contributed by atoms with E-state index in [0.29, 0.717) is 10.9 Å². The zero-order chi connectivity index (χ0) is 11.5. The Morgan fingerprint density at radius 1 is 1.25 bits per heavy atom. The van der Waals surface area contributed by atoms with Gasteiger partial charge >= 0.3 is 6.61 Å². The van der Waals surface area contributed by atoms with Gasteiger partial charge in [0, 0.05) is 5.39 Å². The Morgan fingerprint density at radius 2 is 2.06 bits per heavy atom. The fraction of sp³-hybridized carbons (Fsp3) is 0.0909. The molecule has 16 heavy (non-hydrogen) atoms. The molecule has 0 saturated heterocycles. The maximum absolute atomic E-state index is 12.0. The minimum absolute atomic E-state index is 0.0778. The predicted octanol–water partition coefficient (Wildman–Crippen LogP) is 2.71. The third kappa shape index (κ3) is 2.06. The number of rotatable bonds is 2. The lowest BCUT2D eigenvalue weighted by Gasteiger charge is -2.05. The first-order valence-electron chi connectivity index (χ1n) is 4.45. The Hall–Kier alpha value is -2.22. The molecule has 0 fully saturated rings. The van der Waals surface area contributed by atoms with Crippen LogP contribution >= 0.6 is 0 Å². The van der Waals surface area contributed by atoms with Crippen molar-refractivity contribution in [3.8, 4) is 11.8 Å². The van der Waals surface area contributed by atoms with Crippen molar-refractivity contribution in [1.29, 1.82) is 5.26 Å². The van der Waals surface area contributed by atoms with Crippen molar-refractivity contribution in [3.63, 3.8) is 0 Å². The van der Waals surface area contributed by atoms with Crippen LogP contribution in [0.5, 0.6) is 5.75 Å². The summed E-state index contributed by atoms with van der Waals surface area (Å²) in [6.45, 7) is -2.84. The number of halogens is 2. The lowest BCUT2D eigenvalue weighted by atomic mass is 10.2. The van der Waals surface area contributed by atoms with E-state index in [1.165, 1.54) is 24.3 Å². The number of nitrogens with zero attached hydrogens (tertiary/aromatic N) is 2. The zero-order valence-corrected chi connectivity index (χ0v) is 8.02. The van der Waals surface area contributed by atoms with Gasteiger partial charge < -0.3 is 4.74 Å². The molecular formula is C11H6F2N2O. The van der Waals surface area contributed by atoms with Crippen molar-refractivity contribution in [3.05, 3.63) is 36.0 Å². The molecule has 1 heterocycles. The molecule has 2 aromatic rings. The van der Waals surface area contributed by atoms with E-state index in [2.05, 4.69) is 9.72 Å². The fourth-order valence-corrected chi connectivity index (χ4v) is 1.34. The van der Waals surface area contributed by atoms with Gasteiger partial charge in [-0.3, -0.25) is 0 Å². The minimum Gasteiger partial charge on any atom is -0.435 e. The molecule has 0 amide bonds. The summed E-state index contributed by atoms with van der Waals surface area (Å²) in [7, 11) is 0. The molecule has 1 aromatic carbocycles. The maximum Gasteiger partial charge on any atom is 0.387 e. The second kappa shape index (κ2) is 4.11. The largest absolute Gasteiger partial charge is 0.435 e. The quantitative estimate of drug-likeness (QED) is 0.781. The number of benzene rings is 1. The molecular weight excluding hydrogens is 214 g/mol. The molecule has 5 heteroatoms. The molecule has 0 atom stereocenters. The molecule has 0 aliphatic heterocycles. The highest BCUT2D eigenvalue weighted by molar-refractivity contribution is 5.80. The van der Waals surface area contributed by atoms with Crippen LogP contribution in [0.15, 0.2) is 30.3 Å². The summed E-state index contributed by atoms with van der Waals surface area (Å²) in [5.74, 6) is 0.0778. The zero-order valence-electron chi connectivity index (χ0n) is 8.02. The van der Waals surface area contributed by atoms with E-state index in [0.717, 1.165) is 0 Å². The highest BCUT2D eigenvalue weighted by Crippen LogP contribution is 2.21. The SMILES string of the molecule is N#Cc1ccc2cc(OC(F)F)ccc2n1. The number of nitriles is 1. The highest BCUT2D eigenvalue weighted by Gasteiger charge is 2.05. The molecule has 0 saturated carbocycles. The van der Waals surface area contributed by atoms with Crippen molar-refractivity contribution < 1.29 is 13.5 Å². The Balaban J connectivity index is 2.44. The molecule has 0 aliphatic rings. The first kappa shape index (κ1) is 10.3. The van der Waals surface area contributed by atoms with Gasteiger partial charge in [0.25, 0.3) is 0 Å². The molecule has 0 bridgehead atoms. The second-order valence-corrected chi connectivity index (χ2v) is 3.04. The van der Waals surface area contributed by atoms with Gasteiger partial charge in [0.05, 0.1) is 5.52 Å². The predicted molar refractivity (Wildman–Crippen MR) is 53.1 cm³/mol. The van der Waals surface area contributed by atoms with E-state index < -0.39 is 6.61 Å². The summed E-state index contributed by atoms with van der Waals surface area (Å²) in [5.41, 5.74) is 0.857. The number of aromatic nitrogens is 1. The lowest BCUT2D eigenvalue weighted by Crippen LogP contribution is -2.01. The number of hydrogen-bond acceptors (Lipinski definition) is 3. The Kier molecular flexibility index (Phi) is 2.64. The molecule has 1 aromatic heterocycles. The van der Waals surface area contributed by atoms with Gasteiger partial charge in [-0.05, 0) is 30.3 Å². The van der Waals surface area contributed by atoms with E-state index in [1.54, 1.807) is 6.07 Å². The highest BCUT2D eigenvalue weighted by atomic mass is 19.3. The summed E-state index contributed by atoms with van der Waals surface area (Å²) in [6.07, 6.45) is 0. The molecule has 0 N–H and O–H groups in total. The van der Waals surface area contributed by atoms with Crippen LogP contribution in [0.25, 0.3) is 10.9 Å². The third-order valence-corrected chi connectivity index (χ3v) is 2.00. The Bertz CT molecular complexity index is 563. The van der Waals surface area contributed by atoms with E-state index in [9.17, 15) is 8.78 Å². The summed E-state index contributed by atoms with van der Waals surface area (Å²) in [6, 6.07) is 9.45. The lowest BCUT2D eigenvalue weighted by molar-refractivity contribution is -0.0497. The number of alkyl halides is 2.